The summed E-state index contributed by atoms with van der Waals surface area (Å²) in [5.74, 6) is 2.19. The summed E-state index contributed by atoms with van der Waals surface area (Å²) in [5.41, 5.74) is 0.695. The van der Waals surface area contributed by atoms with Crippen LogP contribution in [0, 0.1) is 0 Å². The number of esters is 1. The van der Waals surface area contributed by atoms with E-state index in [9.17, 15) is 4.79 Å². The number of hydrogen-bond donors (Lipinski definition) is 0. The molecule has 0 atom stereocenters. The molecule has 6 heteroatoms. The van der Waals surface area contributed by atoms with Gasteiger partial charge in [0.05, 0.1) is 12.7 Å². The first-order valence-electron chi connectivity index (χ1n) is 14.2. The minimum Gasteiger partial charge on any atom is -0.497 e. The van der Waals surface area contributed by atoms with Gasteiger partial charge in [0.15, 0.2) is 11.6 Å². The zero-order valence-electron chi connectivity index (χ0n) is 23.2. The fourth-order valence-electron chi connectivity index (χ4n) is 4.47. The van der Waals surface area contributed by atoms with Gasteiger partial charge < -0.3 is 18.9 Å². The van der Waals surface area contributed by atoms with Gasteiger partial charge in [0.1, 0.15) is 11.5 Å². The maximum absolute atomic E-state index is 12.6. The van der Waals surface area contributed by atoms with E-state index < -0.39 is 0 Å². The maximum atomic E-state index is 12.6. The number of anilines is 1. The summed E-state index contributed by atoms with van der Waals surface area (Å²) in [6.45, 7) is 8.10. The van der Waals surface area contributed by atoms with Crippen molar-refractivity contribution in [1.29, 1.82) is 0 Å². The highest BCUT2D eigenvalue weighted by Crippen LogP contribution is 2.35. The molecule has 36 heavy (non-hydrogen) atoms. The summed E-state index contributed by atoms with van der Waals surface area (Å²) in [5, 5.41) is 4.19. The van der Waals surface area contributed by atoms with Gasteiger partial charge in [-0.3, -0.25) is 4.79 Å². The SMILES string of the molecule is CCCCCCCCCCCCCCCC(=O)Oc1cc(OC)ccc1-c1cc(N(CC)CC)no1. The molecule has 1 heterocycles. The summed E-state index contributed by atoms with van der Waals surface area (Å²) in [7, 11) is 1.60. The number of rotatable bonds is 20. The minimum absolute atomic E-state index is 0.226. The van der Waals surface area contributed by atoms with Crippen molar-refractivity contribution in [1.82, 2.24) is 5.16 Å². The van der Waals surface area contributed by atoms with Crippen molar-refractivity contribution in [2.45, 2.75) is 111 Å². The standard InChI is InChI=1S/C30H48N2O4/c1-5-8-9-10-11-12-13-14-15-16-17-18-19-20-30(33)35-27-23-25(34-4)21-22-26(27)28-24-29(31-36-28)32(6-2)7-3/h21-24H,5-20H2,1-4H3. The largest absolute Gasteiger partial charge is 0.497 e. The zero-order chi connectivity index (χ0) is 26.0. The molecule has 0 radical (unpaired) electrons. The third kappa shape index (κ3) is 10.6. The average Bonchev–Trinajstić information content (AvgIpc) is 3.37. The molecule has 202 valence electrons. The molecule has 0 N–H and O–H groups in total. The maximum Gasteiger partial charge on any atom is 0.311 e. The van der Waals surface area contributed by atoms with Gasteiger partial charge in [-0.25, -0.2) is 0 Å². The molecular formula is C30H48N2O4. The molecule has 0 fully saturated rings. The lowest BCUT2D eigenvalue weighted by molar-refractivity contribution is -0.134. The van der Waals surface area contributed by atoms with Crippen LogP contribution in [0.5, 0.6) is 11.5 Å². The number of benzene rings is 1. The van der Waals surface area contributed by atoms with Crippen LogP contribution >= 0.6 is 0 Å². The van der Waals surface area contributed by atoms with Crippen LogP contribution in [0.2, 0.25) is 0 Å². The monoisotopic (exact) mass is 500 g/mol. The van der Waals surface area contributed by atoms with Crippen LogP contribution in [0.25, 0.3) is 11.3 Å². The van der Waals surface area contributed by atoms with Crippen LogP contribution < -0.4 is 14.4 Å². The number of carbonyl (C=O) groups is 1. The molecule has 2 aromatic rings. The Labute approximate surface area is 218 Å². The first-order chi connectivity index (χ1) is 17.6. The van der Waals surface area contributed by atoms with Gasteiger partial charge in [0, 0.05) is 31.6 Å². The van der Waals surface area contributed by atoms with E-state index >= 15 is 0 Å². The Kier molecular flexibility index (Phi) is 14.7. The topological polar surface area (TPSA) is 64.8 Å². The molecule has 0 aliphatic carbocycles. The highest BCUT2D eigenvalue weighted by Gasteiger charge is 2.18. The fraction of sp³-hybridized carbons (Fsp3) is 0.667. The first-order valence-corrected chi connectivity index (χ1v) is 14.2. The molecule has 2 rings (SSSR count). The Morgan fingerprint density at radius 3 is 1.97 bits per heavy atom. The fourth-order valence-corrected chi connectivity index (χ4v) is 4.47. The Balaban J connectivity index is 1.73. The van der Waals surface area contributed by atoms with Crippen molar-refractivity contribution >= 4 is 11.8 Å². The molecule has 0 bridgehead atoms. The lowest BCUT2D eigenvalue weighted by Crippen LogP contribution is -2.21. The molecule has 0 saturated heterocycles. The predicted octanol–water partition coefficient (Wildman–Crippen LogP) is 8.58. The molecule has 0 aliphatic rings. The van der Waals surface area contributed by atoms with Crippen LogP contribution in [-0.4, -0.2) is 31.3 Å². The second kappa shape index (κ2) is 17.9. The molecular weight excluding hydrogens is 452 g/mol. The van der Waals surface area contributed by atoms with E-state index in [1.54, 1.807) is 13.2 Å². The van der Waals surface area contributed by atoms with Crippen molar-refractivity contribution in [3.8, 4) is 22.8 Å². The molecule has 1 aromatic heterocycles. The lowest BCUT2D eigenvalue weighted by Gasteiger charge is -2.15. The number of methoxy groups -OCH3 is 1. The van der Waals surface area contributed by atoms with Gasteiger partial charge in [-0.2, -0.15) is 0 Å². The van der Waals surface area contributed by atoms with Gasteiger partial charge in [-0.15, -0.1) is 0 Å². The lowest BCUT2D eigenvalue weighted by atomic mass is 10.0. The Morgan fingerprint density at radius 2 is 1.42 bits per heavy atom. The first kappa shape index (κ1) is 29.7. The number of aromatic nitrogens is 1. The zero-order valence-corrected chi connectivity index (χ0v) is 23.2. The van der Waals surface area contributed by atoms with Crippen LogP contribution in [0.1, 0.15) is 111 Å². The van der Waals surface area contributed by atoms with Gasteiger partial charge in [0.2, 0.25) is 0 Å². The molecule has 0 amide bonds. The van der Waals surface area contributed by atoms with E-state index in [0.717, 1.165) is 31.7 Å². The normalized spacial score (nSPS) is 11.0. The molecule has 0 spiro atoms. The van der Waals surface area contributed by atoms with Crippen LogP contribution in [0.15, 0.2) is 28.8 Å². The van der Waals surface area contributed by atoms with Crippen LogP contribution in [0.4, 0.5) is 5.82 Å². The third-order valence-corrected chi connectivity index (χ3v) is 6.75. The van der Waals surface area contributed by atoms with E-state index in [1.807, 2.05) is 18.2 Å². The van der Waals surface area contributed by atoms with Gasteiger partial charge >= 0.3 is 5.97 Å². The van der Waals surface area contributed by atoms with Crippen molar-refractivity contribution in [3.63, 3.8) is 0 Å². The summed E-state index contributed by atoms with van der Waals surface area (Å²) in [6, 6.07) is 7.30. The highest BCUT2D eigenvalue weighted by molar-refractivity contribution is 5.77. The Morgan fingerprint density at radius 1 is 0.833 bits per heavy atom. The summed E-state index contributed by atoms with van der Waals surface area (Å²) < 4.78 is 16.7. The van der Waals surface area contributed by atoms with E-state index in [0.29, 0.717) is 29.2 Å². The van der Waals surface area contributed by atoms with E-state index in [2.05, 4.69) is 30.8 Å². The van der Waals surface area contributed by atoms with E-state index in [-0.39, 0.29) is 5.97 Å². The second-order valence-corrected chi connectivity index (χ2v) is 9.55. The average molecular weight is 501 g/mol. The number of hydrogen-bond acceptors (Lipinski definition) is 6. The van der Waals surface area contributed by atoms with Gasteiger partial charge in [-0.05, 0) is 32.4 Å². The third-order valence-electron chi connectivity index (χ3n) is 6.75. The molecule has 0 saturated carbocycles. The van der Waals surface area contributed by atoms with Crippen molar-refractivity contribution in [3.05, 3.63) is 24.3 Å². The predicted molar refractivity (Wildman–Crippen MR) is 148 cm³/mol. The number of ether oxygens (including phenoxy) is 2. The number of carbonyl (C=O) groups excluding carboxylic acids is 1. The molecule has 6 nitrogen and oxygen atoms in total. The molecule has 0 aliphatic heterocycles. The quantitative estimate of drug-likeness (QED) is 0.103. The van der Waals surface area contributed by atoms with E-state index in [1.165, 1.54) is 70.6 Å². The van der Waals surface area contributed by atoms with Crippen LogP contribution in [-0.2, 0) is 4.79 Å². The molecule has 1 aromatic carbocycles. The Bertz CT molecular complexity index is 860. The Hall–Kier alpha value is -2.50. The smallest absolute Gasteiger partial charge is 0.311 e. The van der Waals surface area contributed by atoms with Crippen molar-refractivity contribution in [2.24, 2.45) is 0 Å². The number of nitrogens with zero attached hydrogens (tertiary/aromatic N) is 2. The summed E-state index contributed by atoms with van der Waals surface area (Å²) in [6.07, 6.45) is 17.0. The van der Waals surface area contributed by atoms with Gasteiger partial charge in [0.25, 0.3) is 0 Å². The molecule has 0 unspecified atom stereocenters. The summed E-state index contributed by atoms with van der Waals surface area (Å²) in [4.78, 5) is 14.7. The van der Waals surface area contributed by atoms with E-state index in [4.69, 9.17) is 14.0 Å². The van der Waals surface area contributed by atoms with Crippen LogP contribution in [0.3, 0.4) is 0 Å². The number of unbranched alkanes of at least 4 members (excludes halogenated alkanes) is 12. The second-order valence-electron chi connectivity index (χ2n) is 9.55. The minimum atomic E-state index is -0.226. The van der Waals surface area contributed by atoms with Gasteiger partial charge in [-0.1, -0.05) is 89.1 Å². The summed E-state index contributed by atoms with van der Waals surface area (Å²) >= 11 is 0. The van der Waals surface area contributed by atoms with Crippen molar-refractivity contribution < 1.29 is 18.8 Å². The van der Waals surface area contributed by atoms with Crippen molar-refractivity contribution in [2.75, 3.05) is 25.1 Å². The highest BCUT2D eigenvalue weighted by atomic mass is 16.5.